The van der Waals surface area contributed by atoms with Crippen LogP contribution in [0.15, 0.2) is 43.5 Å². The molecule has 0 bridgehead atoms. The molecule has 32 heavy (non-hydrogen) atoms. The van der Waals surface area contributed by atoms with Crippen molar-refractivity contribution in [1.29, 1.82) is 0 Å². The lowest BCUT2D eigenvalue weighted by Gasteiger charge is -2.32. The number of thioether (sulfide) groups is 1. The highest BCUT2D eigenvalue weighted by Crippen LogP contribution is 2.41. The van der Waals surface area contributed by atoms with Crippen molar-refractivity contribution in [2.45, 2.75) is 31.1 Å². The number of anilines is 1. The van der Waals surface area contributed by atoms with Crippen LogP contribution >= 0.6 is 24.0 Å². The highest BCUT2D eigenvalue weighted by Gasteiger charge is 2.33. The third-order valence-electron chi connectivity index (χ3n) is 5.83. The van der Waals surface area contributed by atoms with Gasteiger partial charge in [-0.3, -0.25) is 9.59 Å². The molecule has 2 amide bonds. The van der Waals surface area contributed by atoms with Gasteiger partial charge in [-0.15, -0.1) is 0 Å². The Bertz CT molecular complexity index is 1140. The lowest BCUT2D eigenvalue weighted by molar-refractivity contribution is -0.119. The van der Waals surface area contributed by atoms with E-state index in [9.17, 15) is 9.59 Å². The smallest absolute Gasteiger partial charge is 0.239 e. The zero-order valence-electron chi connectivity index (χ0n) is 17.8. The maximum absolute atomic E-state index is 13.0. The van der Waals surface area contributed by atoms with Crippen LogP contribution in [0.4, 0.5) is 5.69 Å². The molecule has 2 aromatic rings. The van der Waals surface area contributed by atoms with Crippen LogP contribution in [0.25, 0.3) is 12.2 Å². The quantitative estimate of drug-likeness (QED) is 0.611. The summed E-state index contributed by atoms with van der Waals surface area (Å²) in [6, 6.07) is 9.90. The van der Waals surface area contributed by atoms with E-state index in [2.05, 4.69) is 18.5 Å². The van der Waals surface area contributed by atoms with Gasteiger partial charge in [-0.2, -0.15) is 0 Å². The Morgan fingerprint density at radius 2 is 1.97 bits per heavy atom. The maximum atomic E-state index is 13.0. The Labute approximate surface area is 197 Å². The first-order valence-corrected chi connectivity index (χ1v) is 11.6. The molecule has 0 aromatic heterocycles. The molecule has 0 radical (unpaired) electrons. The number of amides is 2. The van der Waals surface area contributed by atoms with Crippen molar-refractivity contribution in [3.05, 3.63) is 71.3 Å². The Kier molecular flexibility index (Phi) is 6.48. The van der Waals surface area contributed by atoms with Crippen LogP contribution in [0.5, 0.6) is 5.75 Å². The first-order chi connectivity index (χ1) is 15.4. The van der Waals surface area contributed by atoms with Gasteiger partial charge < -0.3 is 15.0 Å². The number of methoxy groups -OCH3 is 1. The van der Waals surface area contributed by atoms with Gasteiger partial charge in [0.05, 0.1) is 24.6 Å². The van der Waals surface area contributed by atoms with E-state index in [0.717, 1.165) is 33.5 Å². The molecule has 5 nitrogen and oxygen atoms in total. The van der Waals surface area contributed by atoms with Gasteiger partial charge in [0.2, 0.25) is 11.8 Å². The zero-order chi connectivity index (χ0) is 22.8. The summed E-state index contributed by atoms with van der Waals surface area (Å²) in [5, 5.41) is 2.45. The standard InChI is InChI=1S/C25H24N2O3S2/c1-4-16-7-6-15(12-17(16)5-2)14-27-22(28)11-9-19-18(8-10-20(30-3)23(19)27)13-21-24(29)26-25(31)32-21/h4-8,10,12,21H,1-2,9,11,13-14H2,3H3,(H,26,29,31). The predicted molar refractivity (Wildman–Crippen MR) is 135 cm³/mol. The Balaban J connectivity index is 1.72. The molecule has 2 heterocycles. The number of carbonyl (C=O) groups is 2. The number of thiocarbonyl (C=S) groups is 1. The molecule has 2 aliphatic rings. The van der Waals surface area contributed by atoms with E-state index in [4.69, 9.17) is 17.0 Å². The summed E-state index contributed by atoms with van der Waals surface area (Å²) in [6.07, 6.45) is 5.17. The van der Waals surface area contributed by atoms with Gasteiger partial charge in [0.1, 0.15) is 10.1 Å². The molecule has 4 rings (SSSR count). The Morgan fingerprint density at radius 3 is 2.62 bits per heavy atom. The normalized spacial score (nSPS) is 17.7. The number of rotatable bonds is 7. The number of ether oxygens (including phenoxy) is 1. The molecule has 1 N–H and O–H groups in total. The van der Waals surface area contributed by atoms with Crippen molar-refractivity contribution in [2.75, 3.05) is 12.0 Å². The third kappa shape index (κ3) is 4.23. The summed E-state index contributed by atoms with van der Waals surface area (Å²) >= 11 is 6.52. The molecule has 1 saturated heterocycles. The average Bonchev–Trinajstić information content (AvgIpc) is 3.11. The molecule has 1 atom stereocenters. The molecule has 0 saturated carbocycles. The van der Waals surface area contributed by atoms with Gasteiger partial charge in [-0.25, -0.2) is 0 Å². The van der Waals surface area contributed by atoms with Gasteiger partial charge in [0.15, 0.2) is 0 Å². The summed E-state index contributed by atoms with van der Waals surface area (Å²) in [5.74, 6) is 0.644. The lowest BCUT2D eigenvalue weighted by atomic mass is 9.92. The Morgan fingerprint density at radius 1 is 1.19 bits per heavy atom. The van der Waals surface area contributed by atoms with E-state index in [1.165, 1.54) is 11.8 Å². The van der Waals surface area contributed by atoms with Crippen LogP contribution in [0.3, 0.4) is 0 Å². The van der Waals surface area contributed by atoms with E-state index in [1.807, 2.05) is 30.3 Å². The third-order valence-corrected chi connectivity index (χ3v) is 7.20. The zero-order valence-corrected chi connectivity index (χ0v) is 19.5. The maximum Gasteiger partial charge on any atom is 0.239 e. The number of nitrogens with one attached hydrogen (secondary N) is 1. The number of carbonyl (C=O) groups excluding carboxylic acids is 2. The topological polar surface area (TPSA) is 58.6 Å². The van der Waals surface area contributed by atoms with Crippen LogP contribution in [-0.2, 0) is 29.0 Å². The minimum Gasteiger partial charge on any atom is -0.495 e. The highest BCUT2D eigenvalue weighted by molar-refractivity contribution is 8.24. The molecule has 2 aromatic carbocycles. The Hall–Kier alpha value is -2.90. The number of nitrogens with zero attached hydrogens (tertiary/aromatic N) is 1. The number of fused-ring (bicyclic) bond motifs is 1. The summed E-state index contributed by atoms with van der Waals surface area (Å²) in [7, 11) is 1.61. The number of benzene rings is 2. The minimum absolute atomic E-state index is 0.0510. The average molecular weight is 465 g/mol. The SMILES string of the molecule is C=Cc1ccc(CN2C(=O)CCc3c(CC4SC(=S)NC4=O)ccc(OC)c32)cc1C=C. The van der Waals surface area contributed by atoms with Crippen LogP contribution in [0.2, 0.25) is 0 Å². The van der Waals surface area contributed by atoms with Crippen molar-refractivity contribution in [3.8, 4) is 5.75 Å². The van der Waals surface area contributed by atoms with Gasteiger partial charge >= 0.3 is 0 Å². The molecule has 1 fully saturated rings. The molecular formula is C25H24N2O3S2. The van der Waals surface area contributed by atoms with Crippen LogP contribution < -0.4 is 15.0 Å². The fourth-order valence-electron chi connectivity index (χ4n) is 4.24. The molecule has 1 unspecified atom stereocenters. The first kappa shape index (κ1) is 22.3. The second kappa shape index (κ2) is 9.30. The predicted octanol–water partition coefficient (Wildman–Crippen LogP) is 4.52. The van der Waals surface area contributed by atoms with Gasteiger partial charge in [0.25, 0.3) is 0 Å². The largest absolute Gasteiger partial charge is 0.495 e. The van der Waals surface area contributed by atoms with Crippen molar-refractivity contribution >= 4 is 58.0 Å². The van der Waals surface area contributed by atoms with Crippen molar-refractivity contribution < 1.29 is 14.3 Å². The molecule has 0 spiro atoms. The van der Waals surface area contributed by atoms with Gasteiger partial charge in [-0.05, 0) is 52.8 Å². The van der Waals surface area contributed by atoms with Gasteiger partial charge in [0, 0.05) is 6.42 Å². The monoisotopic (exact) mass is 464 g/mol. The van der Waals surface area contributed by atoms with E-state index in [1.54, 1.807) is 24.2 Å². The van der Waals surface area contributed by atoms with E-state index in [0.29, 0.717) is 35.9 Å². The molecule has 7 heteroatoms. The van der Waals surface area contributed by atoms with Gasteiger partial charge in [-0.1, -0.05) is 67.5 Å². The molecular weight excluding hydrogens is 440 g/mol. The summed E-state index contributed by atoms with van der Waals surface area (Å²) in [6.45, 7) is 8.15. The molecule has 2 aliphatic heterocycles. The first-order valence-electron chi connectivity index (χ1n) is 10.3. The van der Waals surface area contributed by atoms with Crippen LogP contribution in [-0.4, -0.2) is 28.5 Å². The van der Waals surface area contributed by atoms with Crippen molar-refractivity contribution in [3.63, 3.8) is 0 Å². The fraction of sp³-hybridized carbons (Fsp3) is 0.240. The second-order valence-corrected chi connectivity index (χ2v) is 9.57. The van der Waals surface area contributed by atoms with Crippen molar-refractivity contribution in [2.24, 2.45) is 0 Å². The van der Waals surface area contributed by atoms with Crippen molar-refractivity contribution in [1.82, 2.24) is 5.32 Å². The summed E-state index contributed by atoms with van der Waals surface area (Å²) in [5.41, 5.74) is 5.86. The highest BCUT2D eigenvalue weighted by atomic mass is 32.2. The summed E-state index contributed by atoms with van der Waals surface area (Å²) < 4.78 is 6.16. The van der Waals surface area contributed by atoms with E-state index < -0.39 is 0 Å². The molecule has 0 aliphatic carbocycles. The summed E-state index contributed by atoms with van der Waals surface area (Å²) in [4.78, 5) is 27.0. The van der Waals surface area contributed by atoms with Crippen LogP contribution in [0.1, 0.15) is 34.2 Å². The van der Waals surface area contributed by atoms with E-state index in [-0.39, 0.29) is 17.1 Å². The second-order valence-electron chi connectivity index (χ2n) is 7.69. The van der Waals surface area contributed by atoms with E-state index >= 15 is 0 Å². The van der Waals surface area contributed by atoms with Crippen LogP contribution in [0, 0.1) is 0 Å². The molecule has 164 valence electrons. The minimum atomic E-state index is -0.257. The lowest BCUT2D eigenvalue weighted by Crippen LogP contribution is -2.35. The number of hydrogen-bond donors (Lipinski definition) is 1. The number of hydrogen-bond acceptors (Lipinski definition) is 5. The fourth-order valence-corrected chi connectivity index (χ4v) is 5.54.